The van der Waals surface area contributed by atoms with E-state index in [1.54, 1.807) is 0 Å². The van der Waals surface area contributed by atoms with Gasteiger partial charge in [0.1, 0.15) is 0 Å². The first kappa shape index (κ1) is 10.4. The molecule has 3 heteroatoms. The van der Waals surface area contributed by atoms with Gasteiger partial charge in [-0.2, -0.15) is 0 Å². The van der Waals surface area contributed by atoms with Crippen LogP contribution in [-0.2, 0) is 4.74 Å². The number of ether oxygens (including phenoxy) is 1. The second-order valence-electron chi connectivity index (χ2n) is 4.50. The second kappa shape index (κ2) is 5.69. The van der Waals surface area contributed by atoms with Crippen LogP contribution < -0.4 is 10.6 Å². The highest BCUT2D eigenvalue weighted by Crippen LogP contribution is 2.19. The van der Waals surface area contributed by atoms with Crippen LogP contribution in [0.5, 0.6) is 0 Å². The molecule has 1 unspecified atom stereocenters. The summed E-state index contributed by atoms with van der Waals surface area (Å²) in [4.78, 5) is 0. The highest BCUT2D eigenvalue weighted by Gasteiger charge is 2.17. The standard InChI is InChI=1S/C11H22N2O/c1(10-3-5-12-6-4-10)2-11-9-14-8-7-13-11/h10-13H,1-9H2. The third-order valence-electron chi connectivity index (χ3n) is 3.38. The van der Waals surface area contributed by atoms with Crippen LogP contribution in [0.15, 0.2) is 0 Å². The summed E-state index contributed by atoms with van der Waals surface area (Å²) in [5.41, 5.74) is 0. The first-order valence-corrected chi connectivity index (χ1v) is 5.97. The molecule has 0 amide bonds. The van der Waals surface area contributed by atoms with Crippen LogP contribution in [0.3, 0.4) is 0 Å². The quantitative estimate of drug-likeness (QED) is 0.702. The van der Waals surface area contributed by atoms with Crippen molar-refractivity contribution in [3.05, 3.63) is 0 Å². The van der Waals surface area contributed by atoms with Gasteiger partial charge in [-0.15, -0.1) is 0 Å². The van der Waals surface area contributed by atoms with E-state index in [-0.39, 0.29) is 0 Å². The lowest BCUT2D eigenvalue weighted by molar-refractivity contribution is 0.0714. The second-order valence-corrected chi connectivity index (χ2v) is 4.50. The Labute approximate surface area is 86.6 Å². The zero-order chi connectivity index (χ0) is 9.64. The number of hydrogen-bond acceptors (Lipinski definition) is 3. The van der Waals surface area contributed by atoms with E-state index >= 15 is 0 Å². The van der Waals surface area contributed by atoms with Crippen LogP contribution in [0.25, 0.3) is 0 Å². The molecule has 0 spiro atoms. The van der Waals surface area contributed by atoms with Gasteiger partial charge in [-0.05, 0) is 44.7 Å². The summed E-state index contributed by atoms with van der Waals surface area (Å²) < 4.78 is 5.45. The molecule has 0 bridgehead atoms. The van der Waals surface area contributed by atoms with E-state index in [0.717, 1.165) is 25.7 Å². The van der Waals surface area contributed by atoms with Crippen LogP contribution in [-0.4, -0.2) is 38.9 Å². The number of piperidine rings is 1. The summed E-state index contributed by atoms with van der Waals surface area (Å²) in [5.74, 6) is 0.958. The Kier molecular flexibility index (Phi) is 4.22. The van der Waals surface area contributed by atoms with Crippen molar-refractivity contribution < 1.29 is 4.74 Å². The molecule has 0 radical (unpaired) electrons. The van der Waals surface area contributed by atoms with Crippen LogP contribution in [0, 0.1) is 5.92 Å². The summed E-state index contributed by atoms with van der Waals surface area (Å²) in [6, 6.07) is 0.624. The first-order valence-electron chi connectivity index (χ1n) is 5.97. The Hall–Kier alpha value is -0.120. The molecule has 2 heterocycles. The molecule has 2 fully saturated rings. The van der Waals surface area contributed by atoms with Crippen molar-refractivity contribution in [2.75, 3.05) is 32.8 Å². The van der Waals surface area contributed by atoms with Crippen LogP contribution >= 0.6 is 0 Å². The molecule has 1 atom stereocenters. The summed E-state index contributed by atoms with van der Waals surface area (Å²) in [5, 5.41) is 6.93. The van der Waals surface area contributed by atoms with Crippen molar-refractivity contribution in [3.63, 3.8) is 0 Å². The number of rotatable bonds is 3. The third-order valence-corrected chi connectivity index (χ3v) is 3.38. The molecule has 0 aromatic heterocycles. The monoisotopic (exact) mass is 198 g/mol. The predicted molar refractivity (Wildman–Crippen MR) is 57.4 cm³/mol. The minimum Gasteiger partial charge on any atom is -0.379 e. The average molecular weight is 198 g/mol. The maximum absolute atomic E-state index is 5.45. The Morgan fingerprint density at radius 1 is 1.07 bits per heavy atom. The predicted octanol–water partition coefficient (Wildman–Crippen LogP) is 0.755. The van der Waals surface area contributed by atoms with Crippen molar-refractivity contribution >= 4 is 0 Å². The van der Waals surface area contributed by atoms with Gasteiger partial charge in [-0.25, -0.2) is 0 Å². The summed E-state index contributed by atoms with van der Waals surface area (Å²) in [6.45, 7) is 5.30. The molecule has 3 nitrogen and oxygen atoms in total. The van der Waals surface area contributed by atoms with E-state index in [1.807, 2.05) is 0 Å². The van der Waals surface area contributed by atoms with Crippen LogP contribution in [0.4, 0.5) is 0 Å². The Morgan fingerprint density at radius 3 is 2.64 bits per heavy atom. The van der Waals surface area contributed by atoms with Gasteiger partial charge >= 0.3 is 0 Å². The zero-order valence-electron chi connectivity index (χ0n) is 8.93. The minimum absolute atomic E-state index is 0.624. The lowest BCUT2D eigenvalue weighted by Crippen LogP contribution is -2.41. The fourth-order valence-electron chi connectivity index (χ4n) is 2.41. The molecule has 2 N–H and O–H groups in total. The zero-order valence-corrected chi connectivity index (χ0v) is 8.93. The van der Waals surface area contributed by atoms with Gasteiger partial charge in [-0.1, -0.05) is 0 Å². The molecule has 14 heavy (non-hydrogen) atoms. The van der Waals surface area contributed by atoms with E-state index in [4.69, 9.17) is 4.74 Å². The van der Waals surface area contributed by atoms with Gasteiger partial charge in [-0.3, -0.25) is 0 Å². The summed E-state index contributed by atoms with van der Waals surface area (Å²) >= 11 is 0. The van der Waals surface area contributed by atoms with Gasteiger partial charge < -0.3 is 15.4 Å². The molecule has 2 aliphatic rings. The van der Waals surface area contributed by atoms with Crippen molar-refractivity contribution in [3.8, 4) is 0 Å². The Morgan fingerprint density at radius 2 is 1.93 bits per heavy atom. The largest absolute Gasteiger partial charge is 0.379 e. The number of morpholine rings is 1. The molecular weight excluding hydrogens is 176 g/mol. The van der Waals surface area contributed by atoms with Gasteiger partial charge in [0, 0.05) is 12.6 Å². The van der Waals surface area contributed by atoms with E-state index in [1.165, 1.54) is 38.8 Å². The topological polar surface area (TPSA) is 33.3 Å². The lowest BCUT2D eigenvalue weighted by atomic mass is 9.91. The summed E-state index contributed by atoms with van der Waals surface area (Å²) in [6.07, 6.45) is 5.41. The smallest absolute Gasteiger partial charge is 0.0620 e. The number of hydrogen-bond donors (Lipinski definition) is 2. The number of nitrogens with one attached hydrogen (secondary N) is 2. The minimum atomic E-state index is 0.624. The van der Waals surface area contributed by atoms with Crippen molar-refractivity contribution in [2.45, 2.75) is 31.7 Å². The summed E-state index contributed by atoms with van der Waals surface area (Å²) in [7, 11) is 0. The average Bonchev–Trinajstić information content (AvgIpc) is 2.29. The van der Waals surface area contributed by atoms with E-state index < -0.39 is 0 Å². The first-order chi connectivity index (χ1) is 6.95. The molecule has 82 valence electrons. The van der Waals surface area contributed by atoms with Gasteiger partial charge in [0.15, 0.2) is 0 Å². The van der Waals surface area contributed by atoms with E-state index in [0.29, 0.717) is 6.04 Å². The highest BCUT2D eigenvalue weighted by molar-refractivity contribution is 4.74. The molecule has 0 aliphatic carbocycles. The fraction of sp³-hybridized carbons (Fsp3) is 1.00. The van der Waals surface area contributed by atoms with Crippen molar-refractivity contribution in [2.24, 2.45) is 5.92 Å². The van der Waals surface area contributed by atoms with E-state index in [2.05, 4.69) is 10.6 Å². The molecular formula is C11H22N2O. The molecule has 2 rings (SSSR count). The van der Waals surface area contributed by atoms with Gasteiger partial charge in [0.2, 0.25) is 0 Å². The molecule has 0 aromatic rings. The molecule has 2 saturated heterocycles. The Balaban J connectivity index is 1.60. The lowest BCUT2D eigenvalue weighted by Gasteiger charge is -2.27. The van der Waals surface area contributed by atoms with Gasteiger partial charge in [0.05, 0.1) is 13.2 Å². The van der Waals surface area contributed by atoms with E-state index in [9.17, 15) is 0 Å². The van der Waals surface area contributed by atoms with Crippen LogP contribution in [0.2, 0.25) is 0 Å². The maximum atomic E-state index is 5.45. The van der Waals surface area contributed by atoms with Crippen molar-refractivity contribution in [1.82, 2.24) is 10.6 Å². The van der Waals surface area contributed by atoms with Gasteiger partial charge in [0.25, 0.3) is 0 Å². The normalized spacial score (nSPS) is 30.4. The molecule has 2 aliphatic heterocycles. The van der Waals surface area contributed by atoms with Crippen molar-refractivity contribution in [1.29, 1.82) is 0 Å². The Bertz CT molecular complexity index is 133. The fourth-order valence-corrected chi connectivity index (χ4v) is 2.41. The van der Waals surface area contributed by atoms with Crippen LogP contribution in [0.1, 0.15) is 25.7 Å². The molecule has 0 aromatic carbocycles. The maximum Gasteiger partial charge on any atom is 0.0620 e. The SMILES string of the molecule is C1CC(CCC2COCCN2)CCN1. The molecule has 0 saturated carbocycles. The third kappa shape index (κ3) is 3.23. The highest BCUT2D eigenvalue weighted by atomic mass is 16.5.